The first kappa shape index (κ1) is 20.6. The van der Waals surface area contributed by atoms with E-state index >= 15 is 0 Å². The predicted octanol–water partition coefficient (Wildman–Crippen LogP) is 4.17. The number of alkyl halides is 3. The molecule has 10 heteroatoms. The van der Waals surface area contributed by atoms with Crippen LogP contribution in [0, 0.1) is 6.92 Å². The van der Waals surface area contributed by atoms with E-state index in [1.54, 1.807) is 18.4 Å². The molecule has 2 heterocycles. The summed E-state index contributed by atoms with van der Waals surface area (Å²) in [4.78, 5) is 28.4. The summed E-state index contributed by atoms with van der Waals surface area (Å²) in [6.07, 6.45) is -3.08. The normalized spacial score (nSPS) is 11.3. The Labute approximate surface area is 167 Å². The van der Waals surface area contributed by atoms with Gasteiger partial charge in [-0.25, -0.2) is 4.98 Å². The number of benzene rings is 1. The average Bonchev–Trinajstić information content (AvgIpc) is 3.28. The van der Waals surface area contributed by atoms with Crippen LogP contribution in [-0.2, 0) is 23.9 Å². The van der Waals surface area contributed by atoms with Crippen LogP contribution in [0.2, 0.25) is 0 Å². The number of halogens is 3. The lowest BCUT2D eigenvalue weighted by atomic mass is 10.1. The van der Waals surface area contributed by atoms with Crippen LogP contribution in [0.25, 0.3) is 0 Å². The van der Waals surface area contributed by atoms with E-state index in [1.807, 2.05) is 0 Å². The van der Waals surface area contributed by atoms with Crippen molar-refractivity contribution in [1.82, 2.24) is 10.3 Å². The first-order valence-electron chi connectivity index (χ1n) is 8.45. The molecule has 3 rings (SSSR count). The van der Waals surface area contributed by atoms with Gasteiger partial charge in [0.15, 0.2) is 5.13 Å². The van der Waals surface area contributed by atoms with E-state index in [2.05, 4.69) is 15.6 Å². The monoisotopic (exact) mass is 423 g/mol. The van der Waals surface area contributed by atoms with Crippen molar-refractivity contribution in [2.45, 2.75) is 26.1 Å². The molecule has 152 valence electrons. The fourth-order valence-electron chi connectivity index (χ4n) is 2.52. The third-order valence-corrected chi connectivity index (χ3v) is 4.77. The Hall–Kier alpha value is -3.14. The number of anilines is 1. The Kier molecular flexibility index (Phi) is 6.02. The first-order valence-corrected chi connectivity index (χ1v) is 9.33. The summed E-state index contributed by atoms with van der Waals surface area (Å²) in [5, 5.41) is 7.15. The number of thiazole rings is 1. The minimum atomic E-state index is -4.43. The van der Waals surface area contributed by atoms with E-state index in [9.17, 15) is 22.8 Å². The molecular formula is C19H16F3N3O3S. The lowest BCUT2D eigenvalue weighted by Gasteiger charge is -2.09. The molecule has 29 heavy (non-hydrogen) atoms. The van der Waals surface area contributed by atoms with Crippen LogP contribution in [0.4, 0.5) is 18.3 Å². The molecule has 0 spiro atoms. The highest BCUT2D eigenvalue weighted by Gasteiger charge is 2.30. The second-order valence-electron chi connectivity index (χ2n) is 6.14. The number of carbonyl (C=O) groups is 2. The second-order valence-corrected chi connectivity index (χ2v) is 7.00. The van der Waals surface area contributed by atoms with Crippen molar-refractivity contribution in [3.05, 3.63) is 70.1 Å². The zero-order chi connectivity index (χ0) is 21.0. The minimum absolute atomic E-state index is 0.0315. The standard InChI is InChI=1S/C19H16F3N3O3S/c1-11-15(5-6-28-11)17(27)25-18-24-14(10-29-18)8-16(26)23-9-12-3-2-4-13(7-12)19(20,21)22/h2-7,10H,8-9H2,1H3,(H,23,26)(H,24,25,27). The van der Waals surface area contributed by atoms with Crippen LogP contribution in [0.1, 0.15) is 32.9 Å². The van der Waals surface area contributed by atoms with Crippen molar-refractivity contribution in [3.8, 4) is 0 Å². The Morgan fingerprint density at radius 2 is 2.03 bits per heavy atom. The maximum atomic E-state index is 12.7. The molecule has 0 aliphatic rings. The number of amides is 2. The van der Waals surface area contributed by atoms with Gasteiger partial charge in [-0.3, -0.25) is 14.9 Å². The Morgan fingerprint density at radius 3 is 2.72 bits per heavy atom. The van der Waals surface area contributed by atoms with Gasteiger partial charge < -0.3 is 9.73 Å². The summed E-state index contributed by atoms with van der Waals surface area (Å²) < 4.78 is 43.3. The van der Waals surface area contributed by atoms with E-state index in [1.165, 1.54) is 18.4 Å². The van der Waals surface area contributed by atoms with Gasteiger partial charge in [-0.15, -0.1) is 11.3 Å². The van der Waals surface area contributed by atoms with E-state index in [-0.39, 0.29) is 18.9 Å². The van der Waals surface area contributed by atoms with Gasteiger partial charge in [0.1, 0.15) is 5.76 Å². The van der Waals surface area contributed by atoms with Crippen LogP contribution >= 0.6 is 11.3 Å². The molecule has 0 aliphatic carbocycles. The maximum absolute atomic E-state index is 12.7. The molecular weight excluding hydrogens is 407 g/mol. The first-order chi connectivity index (χ1) is 13.7. The quantitative estimate of drug-likeness (QED) is 0.623. The molecule has 0 aliphatic heterocycles. The molecule has 2 N–H and O–H groups in total. The molecule has 0 saturated carbocycles. The fourth-order valence-corrected chi connectivity index (χ4v) is 3.22. The largest absolute Gasteiger partial charge is 0.469 e. The molecule has 0 radical (unpaired) electrons. The molecule has 0 saturated heterocycles. The Bertz CT molecular complexity index is 1030. The number of hydrogen-bond acceptors (Lipinski definition) is 5. The zero-order valence-electron chi connectivity index (χ0n) is 15.2. The molecule has 0 fully saturated rings. The van der Waals surface area contributed by atoms with Gasteiger partial charge in [0.05, 0.1) is 29.5 Å². The molecule has 0 unspecified atom stereocenters. The smallest absolute Gasteiger partial charge is 0.416 e. The van der Waals surface area contributed by atoms with Gasteiger partial charge in [-0.05, 0) is 30.7 Å². The highest BCUT2D eigenvalue weighted by molar-refractivity contribution is 7.14. The molecule has 3 aromatic rings. The SMILES string of the molecule is Cc1occc1C(=O)Nc1nc(CC(=O)NCc2cccc(C(F)(F)F)c2)cs1. The van der Waals surface area contributed by atoms with E-state index < -0.39 is 17.6 Å². The lowest BCUT2D eigenvalue weighted by Crippen LogP contribution is -2.25. The molecule has 6 nitrogen and oxygen atoms in total. The Morgan fingerprint density at radius 1 is 1.24 bits per heavy atom. The molecule has 0 atom stereocenters. The van der Waals surface area contributed by atoms with Crippen LogP contribution < -0.4 is 10.6 Å². The van der Waals surface area contributed by atoms with Gasteiger partial charge in [-0.1, -0.05) is 12.1 Å². The fraction of sp³-hybridized carbons (Fsp3) is 0.211. The number of nitrogens with zero attached hydrogens (tertiary/aromatic N) is 1. The molecule has 2 aromatic heterocycles. The third kappa shape index (κ3) is 5.44. The summed E-state index contributed by atoms with van der Waals surface area (Å²) in [7, 11) is 0. The van der Waals surface area contributed by atoms with Gasteiger partial charge in [0, 0.05) is 11.9 Å². The van der Waals surface area contributed by atoms with Crippen LogP contribution in [0.15, 0.2) is 46.4 Å². The number of furan rings is 1. The third-order valence-electron chi connectivity index (χ3n) is 3.96. The highest BCUT2D eigenvalue weighted by Crippen LogP contribution is 2.29. The summed E-state index contributed by atoms with van der Waals surface area (Å²) >= 11 is 1.16. The van der Waals surface area contributed by atoms with Gasteiger partial charge in [0.2, 0.25) is 5.91 Å². The molecule has 1 aromatic carbocycles. The van der Waals surface area contributed by atoms with Crippen molar-refractivity contribution < 1.29 is 27.2 Å². The van der Waals surface area contributed by atoms with Crippen molar-refractivity contribution in [2.75, 3.05) is 5.32 Å². The van der Waals surface area contributed by atoms with Crippen molar-refractivity contribution in [2.24, 2.45) is 0 Å². The second kappa shape index (κ2) is 8.48. The topological polar surface area (TPSA) is 84.2 Å². The van der Waals surface area contributed by atoms with Crippen molar-refractivity contribution in [1.29, 1.82) is 0 Å². The number of carbonyl (C=O) groups excluding carboxylic acids is 2. The summed E-state index contributed by atoms with van der Waals surface area (Å²) in [5.74, 6) is -0.282. The summed E-state index contributed by atoms with van der Waals surface area (Å²) in [5.41, 5.74) is 0.406. The van der Waals surface area contributed by atoms with Crippen molar-refractivity contribution >= 4 is 28.3 Å². The van der Waals surface area contributed by atoms with Gasteiger partial charge in [-0.2, -0.15) is 13.2 Å². The van der Waals surface area contributed by atoms with E-state index in [0.29, 0.717) is 27.7 Å². The van der Waals surface area contributed by atoms with Crippen LogP contribution in [0.5, 0.6) is 0 Å². The maximum Gasteiger partial charge on any atom is 0.416 e. The lowest BCUT2D eigenvalue weighted by molar-refractivity contribution is -0.137. The van der Waals surface area contributed by atoms with Gasteiger partial charge in [0.25, 0.3) is 5.91 Å². The minimum Gasteiger partial charge on any atom is -0.469 e. The van der Waals surface area contributed by atoms with E-state index in [4.69, 9.17) is 4.42 Å². The average molecular weight is 423 g/mol. The number of rotatable bonds is 6. The predicted molar refractivity (Wildman–Crippen MR) is 101 cm³/mol. The Balaban J connectivity index is 1.53. The van der Waals surface area contributed by atoms with Crippen LogP contribution in [0.3, 0.4) is 0 Å². The molecule has 2 amide bonds. The highest BCUT2D eigenvalue weighted by atomic mass is 32.1. The summed E-state index contributed by atoms with van der Waals surface area (Å²) in [6.45, 7) is 1.63. The van der Waals surface area contributed by atoms with Crippen molar-refractivity contribution in [3.63, 3.8) is 0 Å². The van der Waals surface area contributed by atoms with E-state index in [0.717, 1.165) is 23.5 Å². The van der Waals surface area contributed by atoms with Crippen LogP contribution in [-0.4, -0.2) is 16.8 Å². The zero-order valence-corrected chi connectivity index (χ0v) is 16.0. The number of aromatic nitrogens is 1. The summed E-state index contributed by atoms with van der Waals surface area (Å²) in [6, 6.07) is 6.31. The molecule has 0 bridgehead atoms. The number of nitrogens with one attached hydrogen (secondary N) is 2. The number of aryl methyl sites for hydroxylation is 1. The number of hydrogen-bond donors (Lipinski definition) is 2. The van der Waals surface area contributed by atoms with Gasteiger partial charge >= 0.3 is 6.18 Å².